The highest BCUT2D eigenvalue weighted by Crippen LogP contribution is 2.35. The van der Waals surface area contributed by atoms with E-state index in [0.717, 1.165) is 36.3 Å². The molecule has 2 bridgehead atoms. The van der Waals surface area contributed by atoms with Crippen molar-refractivity contribution in [2.24, 2.45) is 7.05 Å². The predicted octanol–water partition coefficient (Wildman–Crippen LogP) is 2.26. The van der Waals surface area contributed by atoms with Gasteiger partial charge in [0.05, 0.1) is 18.4 Å². The Bertz CT molecular complexity index is 999. The number of piperazine rings is 1. The van der Waals surface area contributed by atoms with E-state index >= 15 is 0 Å². The smallest absolute Gasteiger partial charge is 0.287 e. The topological polar surface area (TPSA) is 70.5 Å². The molecular weight excluding hydrogens is 390 g/mol. The lowest BCUT2D eigenvalue weighted by atomic mass is 9.87. The van der Waals surface area contributed by atoms with Gasteiger partial charge in [0.1, 0.15) is 5.02 Å². The standard InChI is InChI=1S/C21H26ClN5O2/c1-12-5-13(2)20(14(3)6-12)24-18(28)11-27-15-7-16(27)10-26(9-15)17-8-23-25(4)21(29)19(17)22/h5-6,8,15-16H,7,9-11H2,1-4H3,(H,24,28). The molecule has 1 N–H and O–H groups in total. The van der Waals surface area contributed by atoms with E-state index in [2.05, 4.69) is 39.3 Å². The molecule has 2 atom stereocenters. The minimum absolute atomic E-state index is 0.0106. The van der Waals surface area contributed by atoms with Crippen molar-refractivity contribution in [1.29, 1.82) is 0 Å². The first-order chi connectivity index (χ1) is 13.7. The normalized spacial score (nSPS) is 21.1. The van der Waals surface area contributed by atoms with Crippen molar-refractivity contribution in [1.82, 2.24) is 14.7 Å². The van der Waals surface area contributed by atoms with Gasteiger partial charge in [-0.2, -0.15) is 5.10 Å². The summed E-state index contributed by atoms with van der Waals surface area (Å²) in [5, 5.41) is 7.39. The third kappa shape index (κ3) is 3.65. The van der Waals surface area contributed by atoms with E-state index < -0.39 is 0 Å². The summed E-state index contributed by atoms with van der Waals surface area (Å²) in [6, 6.07) is 4.72. The van der Waals surface area contributed by atoms with Gasteiger partial charge in [0.25, 0.3) is 5.56 Å². The van der Waals surface area contributed by atoms with Crippen LogP contribution in [0.3, 0.4) is 0 Å². The van der Waals surface area contributed by atoms with Crippen LogP contribution in [-0.4, -0.2) is 52.3 Å². The number of anilines is 2. The van der Waals surface area contributed by atoms with Gasteiger partial charge in [0.2, 0.25) is 5.91 Å². The summed E-state index contributed by atoms with van der Waals surface area (Å²) in [5.41, 5.74) is 4.66. The number of piperidine rings is 1. The molecule has 0 radical (unpaired) electrons. The van der Waals surface area contributed by atoms with Crippen molar-refractivity contribution in [3.05, 3.63) is 50.4 Å². The van der Waals surface area contributed by atoms with Crippen LogP contribution in [0.25, 0.3) is 0 Å². The first-order valence-electron chi connectivity index (χ1n) is 9.84. The van der Waals surface area contributed by atoms with Crippen molar-refractivity contribution in [2.75, 3.05) is 29.9 Å². The number of nitrogens with zero attached hydrogens (tertiary/aromatic N) is 4. The van der Waals surface area contributed by atoms with Crippen LogP contribution in [0.15, 0.2) is 23.1 Å². The fraction of sp³-hybridized carbons (Fsp3) is 0.476. The monoisotopic (exact) mass is 415 g/mol. The van der Waals surface area contributed by atoms with E-state index in [0.29, 0.717) is 12.2 Å². The van der Waals surface area contributed by atoms with Gasteiger partial charge in [-0.1, -0.05) is 29.3 Å². The summed E-state index contributed by atoms with van der Waals surface area (Å²) in [6.45, 7) is 7.95. The molecule has 7 nitrogen and oxygen atoms in total. The lowest BCUT2D eigenvalue weighted by molar-refractivity contribution is -0.121. The molecule has 0 spiro atoms. The second kappa shape index (κ2) is 7.46. The summed E-state index contributed by atoms with van der Waals surface area (Å²) < 4.78 is 1.24. The Labute approximate surface area is 175 Å². The Hall–Kier alpha value is -2.38. The molecule has 3 aliphatic rings. The lowest BCUT2D eigenvalue weighted by Gasteiger charge is -2.56. The maximum absolute atomic E-state index is 12.7. The average molecular weight is 416 g/mol. The number of benzene rings is 1. The number of carbonyl (C=O) groups is 1. The molecule has 0 saturated carbocycles. The van der Waals surface area contributed by atoms with Crippen molar-refractivity contribution in [3.63, 3.8) is 0 Å². The van der Waals surface area contributed by atoms with E-state index in [-0.39, 0.29) is 28.6 Å². The molecule has 3 fully saturated rings. The molecule has 3 saturated heterocycles. The summed E-state index contributed by atoms with van der Waals surface area (Å²) in [4.78, 5) is 29.1. The van der Waals surface area contributed by atoms with Gasteiger partial charge in [-0.15, -0.1) is 0 Å². The average Bonchev–Trinajstić information content (AvgIpc) is 2.67. The quantitative estimate of drug-likeness (QED) is 0.829. The molecule has 0 aliphatic carbocycles. The molecule has 5 rings (SSSR count). The number of rotatable bonds is 4. The van der Waals surface area contributed by atoms with Crippen LogP contribution in [-0.2, 0) is 11.8 Å². The molecule has 8 heteroatoms. The van der Waals surface area contributed by atoms with E-state index in [1.807, 2.05) is 13.8 Å². The van der Waals surface area contributed by atoms with Crippen molar-refractivity contribution < 1.29 is 4.79 Å². The number of fused-ring (bicyclic) bond motifs is 2. The first kappa shape index (κ1) is 19.9. The molecule has 29 heavy (non-hydrogen) atoms. The van der Waals surface area contributed by atoms with Gasteiger partial charge in [-0.3, -0.25) is 14.5 Å². The molecule has 3 aliphatic heterocycles. The van der Waals surface area contributed by atoms with E-state index in [1.165, 1.54) is 10.2 Å². The molecule has 1 aromatic heterocycles. The second-order valence-electron chi connectivity index (χ2n) is 8.22. The number of nitrogens with one attached hydrogen (secondary N) is 1. The van der Waals surface area contributed by atoms with Gasteiger partial charge >= 0.3 is 0 Å². The fourth-order valence-corrected chi connectivity index (χ4v) is 4.88. The number of amides is 1. The van der Waals surface area contributed by atoms with Gasteiger partial charge in [-0.05, 0) is 38.3 Å². The Kier molecular flexibility index (Phi) is 5.12. The van der Waals surface area contributed by atoms with Crippen molar-refractivity contribution >= 4 is 28.9 Å². The van der Waals surface area contributed by atoms with Crippen LogP contribution in [0.5, 0.6) is 0 Å². The van der Waals surface area contributed by atoms with Gasteiger partial charge < -0.3 is 10.2 Å². The number of carbonyl (C=O) groups excluding carboxylic acids is 1. The number of aromatic nitrogens is 2. The van der Waals surface area contributed by atoms with E-state index in [4.69, 9.17) is 11.6 Å². The zero-order valence-corrected chi connectivity index (χ0v) is 18.0. The van der Waals surface area contributed by atoms with Crippen LogP contribution in [0.1, 0.15) is 23.1 Å². The summed E-state index contributed by atoms with van der Waals surface area (Å²) in [7, 11) is 1.59. The van der Waals surface area contributed by atoms with E-state index in [9.17, 15) is 9.59 Å². The highest BCUT2D eigenvalue weighted by Gasteiger charge is 2.45. The predicted molar refractivity (Wildman–Crippen MR) is 115 cm³/mol. The third-order valence-electron chi connectivity index (χ3n) is 6.01. The lowest BCUT2D eigenvalue weighted by Crippen LogP contribution is -2.69. The minimum atomic E-state index is -0.288. The largest absolute Gasteiger partial charge is 0.366 e. The van der Waals surface area contributed by atoms with Crippen LogP contribution in [0.4, 0.5) is 11.4 Å². The van der Waals surface area contributed by atoms with Crippen LogP contribution in [0.2, 0.25) is 5.02 Å². The SMILES string of the molecule is Cc1cc(C)c(NC(=O)CN2C3CC2CN(c2cnn(C)c(=O)c2Cl)C3)c(C)c1. The molecule has 2 aromatic rings. The summed E-state index contributed by atoms with van der Waals surface area (Å²) >= 11 is 6.25. The zero-order chi connectivity index (χ0) is 20.9. The fourth-order valence-electron chi connectivity index (χ4n) is 4.59. The number of halogens is 1. The maximum Gasteiger partial charge on any atom is 0.287 e. The second-order valence-corrected chi connectivity index (χ2v) is 8.59. The van der Waals surface area contributed by atoms with E-state index in [1.54, 1.807) is 13.2 Å². The van der Waals surface area contributed by atoms with Crippen LogP contribution >= 0.6 is 11.6 Å². The van der Waals surface area contributed by atoms with Crippen molar-refractivity contribution in [2.45, 2.75) is 39.3 Å². The molecule has 4 heterocycles. The molecule has 2 unspecified atom stereocenters. The highest BCUT2D eigenvalue weighted by atomic mass is 35.5. The molecule has 1 amide bonds. The highest BCUT2D eigenvalue weighted by molar-refractivity contribution is 6.33. The zero-order valence-electron chi connectivity index (χ0n) is 17.2. The third-order valence-corrected chi connectivity index (χ3v) is 6.37. The number of aryl methyl sites for hydroxylation is 4. The van der Waals surface area contributed by atoms with Gasteiger partial charge in [0.15, 0.2) is 0 Å². The number of hydrogen-bond donors (Lipinski definition) is 1. The van der Waals surface area contributed by atoms with Gasteiger partial charge in [0, 0.05) is 37.9 Å². The van der Waals surface area contributed by atoms with Crippen molar-refractivity contribution in [3.8, 4) is 0 Å². The Morgan fingerprint density at radius 3 is 2.45 bits per heavy atom. The molecule has 1 aromatic carbocycles. The minimum Gasteiger partial charge on any atom is -0.366 e. The Morgan fingerprint density at radius 2 is 1.83 bits per heavy atom. The molecular formula is C21H26ClN5O2. The first-order valence-corrected chi connectivity index (χ1v) is 10.2. The Balaban J connectivity index is 1.41. The Morgan fingerprint density at radius 1 is 1.21 bits per heavy atom. The maximum atomic E-state index is 12.7. The van der Waals surface area contributed by atoms with Crippen LogP contribution < -0.4 is 15.8 Å². The molecule has 154 valence electrons. The summed E-state index contributed by atoms with van der Waals surface area (Å²) in [5.74, 6) is 0.0106. The number of hydrogen-bond acceptors (Lipinski definition) is 5. The summed E-state index contributed by atoms with van der Waals surface area (Å²) in [6.07, 6.45) is 2.71. The van der Waals surface area contributed by atoms with Gasteiger partial charge in [-0.25, -0.2) is 4.68 Å². The van der Waals surface area contributed by atoms with Crippen LogP contribution in [0, 0.1) is 20.8 Å².